The van der Waals surface area contributed by atoms with Gasteiger partial charge in [-0.15, -0.1) is 0 Å². The monoisotopic (exact) mass is 221 g/mol. The van der Waals surface area contributed by atoms with E-state index < -0.39 is 0 Å². The van der Waals surface area contributed by atoms with Crippen molar-refractivity contribution < 1.29 is 4.79 Å². The zero-order chi connectivity index (χ0) is 11.8. The molecule has 0 bridgehead atoms. The molecule has 1 fully saturated rings. The van der Waals surface area contributed by atoms with Gasteiger partial charge in [0.1, 0.15) is 0 Å². The van der Waals surface area contributed by atoms with Gasteiger partial charge in [0.15, 0.2) is 0 Å². The van der Waals surface area contributed by atoms with Crippen LogP contribution < -0.4 is 16.6 Å². The Kier molecular flexibility index (Phi) is 2.55. The second-order valence-corrected chi connectivity index (χ2v) is 4.30. The summed E-state index contributed by atoms with van der Waals surface area (Å²) in [4.78, 5) is 23.2. The summed E-state index contributed by atoms with van der Waals surface area (Å²) in [5.41, 5.74) is 5.55. The molecule has 1 saturated carbocycles. The van der Waals surface area contributed by atoms with Gasteiger partial charge in [0.05, 0.1) is 5.54 Å². The number of pyridine rings is 1. The molecule has 86 valence electrons. The van der Waals surface area contributed by atoms with Crippen LogP contribution in [-0.4, -0.2) is 22.6 Å². The first-order chi connectivity index (χ1) is 7.56. The Balaban J connectivity index is 2.15. The van der Waals surface area contributed by atoms with Crippen LogP contribution in [0.2, 0.25) is 0 Å². The highest BCUT2D eigenvalue weighted by Gasteiger charge is 2.42. The molecule has 1 amide bonds. The van der Waals surface area contributed by atoms with Crippen molar-refractivity contribution in [3.05, 3.63) is 34.2 Å². The molecule has 1 aromatic heterocycles. The molecule has 0 saturated heterocycles. The van der Waals surface area contributed by atoms with Gasteiger partial charge in [-0.25, -0.2) is 0 Å². The maximum atomic E-state index is 11.8. The fourth-order valence-corrected chi connectivity index (χ4v) is 1.53. The summed E-state index contributed by atoms with van der Waals surface area (Å²) in [6.45, 7) is 0.448. The number of nitrogens with zero attached hydrogens (tertiary/aromatic N) is 1. The number of aromatic nitrogens is 1. The number of carbonyl (C=O) groups is 1. The van der Waals surface area contributed by atoms with Crippen LogP contribution in [0.15, 0.2) is 23.1 Å². The van der Waals surface area contributed by atoms with Crippen molar-refractivity contribution >= 4 is 5.91 Å². The van der Waals surface area contributed by atoms with Crippen molar-refractivity contribution in [3.8, 4) is 0 Å². The van der Waals surface area contributed by atoms with Crippen LogP contribution in [-0.2, 0) is 7.05 Å². The average Bonchev–Trinajstić information content (AvgIpc) is 3.02. The lowest BCUT2D eigenvalue weighted by atomic mass is 10.2. The van der Waals surface area contributed by atoms with Gasteiger partial charge in [0, 0.05) is 31.4 Å². The van der Waals surface area contributed by atoms with Crippen LogP contribution in [0.4, 0.5) is 0 Å². The Morgan fingerprint density at radius 2 is 2.31 bits per heavy atom. The van der Waals surface area contributed by atoms with Gasteiger partial charge in [0.25, 0.3) is 11.5 Å². The molecule has 0 radical (unpaired) electrons. The van der Waals surface area contributed by atoms with E-state index in [-0.39, 0.29) is 17.0 Å². The number of hydrogen-bond donors (Lipinski definition) is 2. The lowest BCUT2D eigenvalue weighted by Crippen LogP contribution is -2.42. The Hall–Kier alpha value is -1.62. The van der Waals surface area contributed by atoms with Gasteiger partial charge in [0.2, 0.25) is 0 Å². The van der Waals surface area contributed by atoms with Gasteiger partial charge in [-0.3, -0.25) is 9.59 Å². The second-order valence-electron chi connectivity index (χ2n) is 4.30. The van der Waals surface area contributed by atoms with Crippen LogP contribution in [0.5, 0.6) is 0 Å². The molecule has 16 heavy (non-hydrogen) atoms. The van der Waals surface area contributed by atoms with E-state index in [4.69, 9.17) is 5.73 Å². The average molecular weight is 221 g/mol. The largest absolute Gasteiger partial charge is 0.345 e. The minimum atomic E-state index is -0.224. The molecule has 1 aliphatic carbocycles. The highest BCUT2D eigenvalue weighted by atomic mass is 16.2. The molecule has 0 spiro atoms. The number of carbonyl (C=O) groups excluding carboxylic acids is 1. The van der Waals surface area contributed by atoms with Crippen molar-refractivity contribution in [2.24, 2.45) is 12.8 Å². The van der Waals surface area contributed by atoms with Gasteiger partial charge < -0.3 is 15.6 Å². The van der Waals surface area contributed by atoms with Crippen LogP contribution >= 0.6 is 0 Å². The van der Waals surface area contributed by atoms with Gasteiger partial charge in [-0.05, 0) is 18.9 Å². The fraction of sp³-hybridized carbons (Fsp3) is 0.455. The molecule has 5 heteroatoms. The Bertz CT molecular complexity index is 474. The first-order valence-corrected chi connectivity index (χ1v) is 5.26. The number of amides is 1. The van der Waals surface area contributed by atoms with E-state index in [9.17, 15) is 9.59 Å². The summed E-state index contributed by atoms with van der Waals surface area (Å²) in [6, 6.07) is 2.96. The Morgan fingerprint density at radius 3 is 2.81 bits per heavy atom. The maximum absolute atomic E-state index is 11.8. The lowest BCUT2D eigenvalue weighted by Gasteiger charge is -2.14. The summed E-state index contributed by atoms with van der Waals surface area (Å²) < 4.78 is 1.42. The SMILES string of the molecule is Cn1ccc(C(=O)NC2(CN)CC2)cc1=O. The van der Waals surface area contributed by atoms with E-state index in [1.165, 1.54) is 10.6 Å². The lowest BCUT2D eigenvalue weighted by molar-refractivity contribution is 0.0932. The first kappa shape index (κ1) is 10.9. The number of hydrogen-bond acceptors (Lipinski definition) is 3. The zero-order valence-electron chi connectivity index (χ0n) is 9.19. The zero-order valence-corrected chi connectivity index (χ0v) is 9.19. The summed E-state index contributed by atoms with van der Waals surface area (Å²) in [7, 11) is 1.65. The molecule has 1 aromatic rings. The number of rotatable bonds is 3. The third-order valence-electron chi connectivity index (χ3n) is 2.99. The summed E-state index contributed by atoms with van der Waals surface area (Å²) in [5, 5.41) is 2.87. The molecule has 1 heterocycles. The number of nitrogens with one attached hydrogen (secondary N) is 1. The molecule has 3 N–H and O–H groups in total. The molecule has 0 aliphatic heterocycles. The highest BCUT2D eigenvalue weighted by Crippen LogP contribution is 2.34. The smallest absolute Gasteiger partial charge is 0.252 e. The normalized spacial score (nSPS) is 16.9. The van der Waals surface area contributed by atoms with Crippen molar-refractivity contribution in [3.63, 3.8) is 0 Å². The molecule has 0 unspecified atom stereocenters. The predicted molar refractivity (Wildman–Crippen MR) is 60.2 cm³/mol. The molecular formula is C11H15N3O2. The number of nitrogens with two attached hydrogens (primary N) is 1. The Morgan fingerprint density at radius 1 is 1.62 bits per heavy atom. The van der Waals surface area contributed by atoms with Crippen molar-refractivity contribution in [2.45, 2.75) is 18.4 Å². The second kappa shape index (κ2) is 3.75. The molecule has 2 rings (SSSR count). The summed E-state index contributed by atoms with van der Waals surface area (Å²) in [5.74, 6) is -0.222. The van der Waals surface area contributed by atoms with Gasteiger partial charge in [-0.1, -0.05) is 0 Å². The van der Waals surface area contributed by atoms with Crippen LogP contribution in [0, 0.1) is 0 Å². The topological polar surface area (TPSA) is 77.1 Å². The maximum Gasteiger partial charge on any atom is 0.252 e. The minimum Gasteiger partial charge on any atom is -0.345 e. The minimum absolute atomic E-state index is 0.190. The molecule has 0 aromatic carbocycles. The molecule has 1 aliphatic rings. The quantitative estimate of drug-likeness (QED) is 0.729. The summed E-state index contributed by atoms with van der Waals surface area (Å²) in [6.07, 6.45) is 3.42. The van der Waals surface area contributed by atoms with Gasteiger partial charge in [-0.2, -0.15) is 0 Å². The summed E-state index contributed by atoms with van der Waals surface area (Å²) >= 11 is 0. The van der Waals surface area contributed by atoms with E-state index in [1.54, 1.807) is 19.3 Å². The van der Waals surface area contributed by atoms with E-state index in [1.807, 2.05) is 0 Å². The highest BCUT2D eigenvalue weighted by molar-refractivity contribution is 5.94. The van der Waals surface area contributed by atoms with Crippen LogP contribution in [0.1, 0.15) is 23.2 Å². The number of aryl methyl sites for hydroxylation is 1. The van der Waals surface area contributed by atoms with Crippen molar-refractivity contribution in [2.75, 3.05) is 6.54 Å². The predicted octanol–water partition coefficient (Wildman–Crippen LogP) is -0.394. The van der Waals surface area contributed by atoms with Crippen LogP contribution in [0.3, 0.4) is 0 Å². The third-order valence-corrected chi connectivity index (χ3v) is 2.99. The molecule has 5 nitrogen and oxygen atoms in total. The van der Waals surface area contributed by atoms with E-state index in [2.05, 4.69) is 5.32 Å². The van der Waals surface area contributed by atoms with Crippen LogP contribution in [0.25, 0.3) is 0 Å². The third kappa shape index (κ3) is 1.99. The molecule has 0 atom stereocenters. The van der Waals surface area contributed by atoms with E-state index in [0.717, 1.165) is 12.8 Å². The van der Waals surface area contributed by atoms with Crippen molar-refractivity contribution in [1.82, 2.24) is 9.88 Å². The van der Waals surface area contributed by atoms with Crippen molar-refractivity contribution in [1.29, 1.82) is 0 Å². The standard InChI is InChI=1S/C11H15N3O2/c1-14-5-2-8(6-9(14)15)10(16)13-11(7-12)3-4-11/h2,5-6H,3-4,7,12H2,1H3,(H,13,16). The Labute approximate surface area is 93.3 Å². The first-order valence-electron chi connectivity index (χ1n) is 5.26. The fourth-order valence-electron chi connectivity index (χ4n) is 1.53. The van der Waals surface area contributed by atoms with E-state index in [0.29, 0.717) is 12.1 Å². The van der Waals surface area contributed by atoms with Gasteiger partial charge >= 0.3 is 0 Å². The van der Waals surface area contributed by atoms with E-state index >= 15 is 0 Å². The molecular weight excluding hydrogens is 206 g/mol.